The van der Waals surface area contributed by atoms with Crippen molar-refractivity contribution in [1.29, 1.82) is 0 Å². The second-order valence-electron chi connectivity index (χ2n) is 4.80. The third-order valence-electron chi connectivity index (χ3n) is 2.99. The van der Waals surface area contributed by atoms with E-state index >= 15 is 0 Å². The van der Waals surface area contributed by atoms with Crippen molar-refractivity contribution in [3.05, 3.63) is 59.5 Å². The van der Waals surface area contributed by atoms with Gasteiger partial charge in [-0.05, 0) is 43.7 Å². The van der Waals surface area contributed by atoms with E-state index in [1.165, 1.54) is 0 Å². The molecule has 21 heavy (non-hydrogen) atoms. The Morgan fingerprint density at radius 3 is 2.67 bits per heavy atom. The first-order valence-corrected chi connectivity index (χ1v) is 6.67. The third-order valence-corrected chi connectivity index (χ3v) is 2.99. The van der Waals surface area contributed by atoms with Crippen LogP contribution < -0.4 is 5.43 Å². The third kappa shape index (κ3) is 3.20. The molecular formula is C16H15N5. The average molecular weight is 277 g/mol. The summed E-state index contributed by atoms with van der Waals surface area (Å²) in [5.74, 6) is 0.506. The molecule has 0 bridgehead atoms. The van der Waals surface area contributed by atoms with Gasteiger partial charge in [0.25, 0.3) is 0 Å². The lowest BCUT2D eigenvalue weighted by atomic mass is 10.1. The number of hydrogen-bond donors (Lipinski definition) is 1. The Morgan fingerprint density at radius 1 is 1.05 bits per heavy atom. The molecule has 0 fully saturated rings. The average Bonchev–Trinajstić information content (AvgIpc) is 2.46. The predicted molar refractivity (Wildman–Crippen MR) is 84.5 cm³/mol. The molecule has 104 valence electrons. The summed E-state index contributed by atoms with van der Waals surface area (Å²) in [5.41, 5.74) is 6.65. The molecule has 3 rings (SSSR count). The lowest BCUT2D eigenvalue weighted by Crippen LogP contribution is -1.99. The van der Waals surface area contributed by atoms with Gasteiger partial charge in [0.15, 0.2) is 0 Å². The van der Waals surface area contributed by atoms with Crippen molar-refractivity contribution in [1.82, 2.24) is 15.0 Å². The maximum Gasteiger partial charge on any atom is 0.243 e. The van der Waals surface area contributed by atoms with E-state index < -0.39 is 0 Å². The van der Waals surface area contributed by atoms with Crippen LogP contribution in [0.1, 0.15) is 17.0 Å². The number of nitrogens with one attached hydrogen (secondary N) is 1. The molecule has 1 N–H and O–H groups in total. The van der Waals surface area contributed by atoms with Gasteiger partial charge in [0.1, 0.15) is 0 Å². The highest BCUT2D eigenvalue weighted by Gasteiger charge is 1.97. The minimum Gasteiger partial charge on any atom is -0.256 e. The Morgan fingerprint density at radius 2 is 1.86 bits per heavy atom. The number of hydrogen-bond acceptors (Lipinski definition) is 5. The molecule has 2 heterocycles. The van der Waals surface area contributed by atoms with Gasteiger partial charge in [0.2, 0.25) is 5.95 Å². The second kappa shape index (κ2) is 5.66. The van der Waals surface area contributed by atoms with Crippen LogP contribution in [-0.2, 0) is 0 Å². The van der Waals surface area contributed by atoms with Gasteiger partial charge in [0.05, 0.1) is 11.7 Å². The monoisotopic (exact) mass is 277 g/mol. The number of hydrazone groups is 1. The van der Waals surface area contributed by atoms with E-state index in [0.717, 1.165) is 27.9 Å². The van der Waals surface area contributed by atoms with Crippen molar-refractivity contribution in [2.24, 2.45) is 5.10 Å². The summed E-state index contributed by atoms with van der Waals surface area (Å²) in [6.07, 6.45) is 3.53. The van der Waals surface area contributed by atoms with Gasteiger partial charge in [-0.25, -0.2) is 15.4 Å². The predicted octanol–water partition coefficient (Wildman–Crippen LogP) is 3.09. The summed E-state index contributed by atoms with van der Waals surface area (Å²) < 4.78 is 0. The van der Waals surface area contributed by atoms with Crippen LogP contribution >= 0.6 is 0 Å². The molecule has 0 atom stereocenters. The van der Waals surface area contributed by atoms with Crippen molar-refractivity contribution in [3.8, 4) is 0 Å². The number of fused-ring (bicyclic) bond motifs is 1. The fourth-order valence-electron chi connectivity index (χ4n) is 2.11. The summed E-state index contributed by atoms with van der Waals surface area (Å²) in [5, 5.41) is 5.27. The van der Waals surface area contributed by atoms with Crippen LogP contribution in [0.4, 0.5) is 5.95 Å². The smallest absolute Gasteiger partial charge is 0.243 e. The molecule has 1 aromatic carbocycles. The molecule has 2 aromatic heterocycles. The number of aromatic nitrogens is 3. The maximum atomic E-state index is 4.29. The van der Waals surface area contributed by atoms with Crippen LogP contribution in [0.25, 0.3) is 10.9 Å². The Kier molecular flexibility index (Phi) is 3.55. The van der Waals surface area contributed by atoms with Crippen molar-refractivity contribution < 1.29 is 0 Å². The largest absolute Gasteiger partial charge is 0.256 e. The zero-order valence-corrected chi connectivity index (χ0v) is 11.9. The van der Waals surface area contributed by atoms with E-state index in [2.05, 4.69) is 25.5 Å². The molecule has 5 nitrogen and oxygen atoms in total. The highest BCUT2D eigenvalue weighted by molar-refractivity contribution is 5.88. The minimum absolute atomic E-state index is 0.506. The summed E-state index contributed by atoms with van der Waals surface area (Å²) in [6.45, 7) is 3.86. The van der Waals surface area contributed by atoms with E-state index in [1.807, 2.05) is 50.2 Å². The highest BCUT2D eigenvalue weighted by atomic mass is 15.3. The first-order chi connectivity index (χ1) is 10.2. The van der Waals surface area contributed by atoms with Gasteiger partial charge < -0.3 is 0 Å². The minimum atomic E-state index is 0.506. The molecule has 0 saturated heterocycles. The van der Waals surface area contributed by atoms with E-state index in [1.54, 1.807) is 12.4 Å². The first kappa shape index (κ1) is 13.2. The fraction of sp³-hybridized carbons (Fsp3) is 0.125. The lowest BCUT2D eigenvalue weighted by Gasteiger charge is -2.02. The van der Waals surface area contributed by atoms with Crippen LogP contribution in [0.2, 0.25) is 0 Å². The number of rotatable bonds is 3. The number of benzene rings is 1. The normalized spacial score (nSPS) is 11.1. The number of aryl methyl sites for hydroxylation is 2. The molecule has 0 radical (unpaired) electrons. The van der Waals surface area contributed by atoms with Gasteiger partial charge >= 0.3 is 0 Å². The Balaban J connectivity index is 1.78. The van der Waals surface area contributed by atoms with Crippen LogP contribution in [-0.4, -0.2) is 21.2 Å². The van der Waals surface area contributed by atoms with Crippen molar-refractivity contribution in [2.45, 2.75) is 13.8 Å². The second-order valence-corrected chi connectivity index (χ2v) is 4.80. The van der Waals surface area contributed by atoms with Crippen LogP contribution in [0.15, 0.2) is 47.7 Å². The van der Waals surface area contributed by atoms with Crippen molar-refractivity contribution in [3.63, 3.8) is 0 Å². The highest BCUT2D eigenvalue weighted by Crippen LogP contribution is 2.12. The van der Waals surface area contributed by atoms with Gasteiger partial charge in [-0.2, -0.15) is 5.10 Å². The Labute approximate surface area is 122 Å². The van der Waals surface area contributed by atoms with E-state index in [0.29, 0.717) is 5.95 Å². The molecule has 0 unspecified atom stereocenters. The lowest BCUT2D eigenvalue weighted by molar-refractivity contribution is 1.04. The van der Waals surface area contributed by atoms with Gasteiger partial charge in [0, 0.05) is 23.0 Å². The van der Waals surface area contributed by atoms with Crippen molar-refractivity contribution >= 4 is 23.1 Å². The SMILES string of the molecule is Cc1cc(C)nc(N/N=C\c2ccc3ncccc3c2)n1. The van der Waals surface area contributed by atoms with E-state index in [4.69, 9.17) is 0 Å². The molecule has 3 aromatic rings. The van der Waals surface area contributed by atoms with Crippen LogP contribution in [0, 0.1) is 13.8 Å². The standard InChI is InChI=1S/C16H15N5/c1-11-8-12(2)20-16(19-11)21-18-10-13-5-6-15-14(9-13)4-3-7-17-15/h3-10H,1-2H3,(H,19,20,21)/b18-10-. The quantitative estimate of drug-likeness (QED) is 0.590. The molecule has 5 heteroatoms. The summed E-state index contributed by atoms with van der Waals surface area (Å²) in [7, 11) is 0. The number of pyridine rings is 1. The maximum absolute atomic E-state index is 4.29. The summed E-state index contributed by atoms with van der Waals surface area (Å²) >= 11 is 0. The van der Waals surface area contributed by atoms with Gasteiger partial charge in [-0.15, -0.1) is 0 Å². The van der Waals surface area contributed by atoms with E-state index in [-0.39, 0.29) is 0 Å². The summed E-state index contributed by atoms with van der Waals surface area (Å²) in [4.78, 5) is 12.8. The fourth-order valence-corrected chi connectivity index (χ4v) is 2.11. The van der Waals surface area contributed by atoms with Crippen LogP contribution in [0.5, 0.6) is 0 Å². The summed E-state index contributed by atoms with van der Waals surface area (Å²) in [6, 6.07) is 11.9. The zero-order valence-electron chi connectivity index (χ0n) is 11.9. The molecule has 0 amide bonds. The van der Waals surface area contributed by atoms with Gasteiger partial charge in [-0.3, -0.25) is 4.98 Å². The number of anilines is 1. The molecule has 0 spiro atoms. The van der Waals surface area contributed by atoms with E-state index in [9.17, 15) is 0 Å². The number of nitrogens with zero attached hydrogens (tertiary/aromatic N) is 4. The Hall–Kier alpha value is -2.82. The van der Waals surface area contributed by atoms with Gasteiger partial charge in [-0.1, -0.05) is 12.1 Å². The molecular weight excluding hydrogens is 262 g/mol. The zero-order chi connectivity index (χ0) is 14.7. The van der Waals surface area contributed by atoms with Crippen LogP contribution in [0.3, 0.4) is 0 Å². The Bertz CT molecular complexity index is 790. The molecule has 0 saturated carbocycles. The molecule has 0 aliphatic rings. The molecule has 0 aliphatic carbocycles. The molecule has 0 aliphatic heterocycles. The van der Waals surface area contributed by atoms with Crippen molar-refractivity contribution in [2.75, 3.05) is 5.43 Å². The first-order valence-electron chi connectivity index (χ1n) is 6.67. The topological polar surface area (TPSA) is 63.1 Å².